The van der Waals surface area contributed by atoms with E-state index in [2.05, 4.69) is 41.0 Å². The molecule has 6 nitrogen and oxygen atoms in total. The van der Waals surface area contributed by atoms with E-state index in [9.17, 15) is 14.0 Å². The second kappa shape index (κ2) is 9.86. The molecule has 0 aliphatic carbocycles. The first-order valence-electron chi connectivity index (χ1n) is 11.4. The van der Waals surface area contributed by atoms with Crippen LogP contribution in [0.25, 0.3) is 0 Å². The molecule has 7 heteroatoms. The van der Waals surface area contributed by atoms with Gasteiger partial charge in [-0.3, -0.25) is 9.59 Å². The number of hydrogen-bond acceptors (Lipinski definition) is 4. The number of benzene rings is 1. The van der Waals surface area contributed by atoms with Gasteiger partial charge in [0, 0.05) is 54.2 Å². The largest absolute Gasteiger partial charge is 0.368 e. The number of hydrogen-bond donors (Lipinski definition) is 2. The van der Waals surface area contributed by atoms with Gasteiger partial charge in [-0.05, 0) is 83.8 Å². The van der Waals surface area contributed by atoms with Gasteiger partial charge in [0.15, 0.2) is 0 Å². The van der Waals surface area contributed by atoms with Crippen molar-refractivity contribution >= 4 is 11.6 Å². The lowest BCUT2D eigenvalue weighted by molar-refractivity contribution is 0.0949. The number of nitrogens with zero attached hydrogens (tertiary/aromatic N) is 2. The van der Waals surface area contributed by atoms with E-state index >= 15 is 0 Å². The molecule has 1 fully saturated rings. The molecule has 1 saturated heterocycles. The number of aromatic nitrogens is 1. The normalized spacial score (nSPS) is 19.1. The van der Waals surface area contributed by atoms with Gasteiger partial charge in [-0.15, -0.1) is 0 Å². The Morgan fingerprint density at radius 3 is 2.62 bits per heavy atom. The number of amides is 1. The van der Waals surface area contributed by atoms with E-state index in [1.54, 1.807) is 0 Å². The number of halogens is 1. The summed E-state index contributed by atoms with van der Waals surface area (Å²) in [7, 11) is 2.13. The summed E-state index contributed by atoms with van der Waals surface area (Å²) in [6, 6.07) is 5.45. The number of nitrogens with one attached hydrogen (secondary N) is 2. The lowest BCUT2D eigenvalue weighted by Gasteiger charge is -2.42. The summed E-state index contributed by atoms with van der Waals surface area (Å²) in [6.07, 6.45) is 2.00. The lowest BCUT2D eigenvalue weighted by Crippen LogP contribution is -2.48. The van der Waals surface area contributed by atoms with Gasteiger partial charge in [-0.25, -0.2) is 4.39 Å². The molecule has 32 heavy (non-hydrogen) atoms. The van der Waals surface area contributed by atoms with Gasteiger partial charge in [0.2, 0.25) is 0 Å². The molecule has 0 saturated carbocycles. The molecular weight excluding hydrogens is 407 g/mol. The van der Waals surface area contributed by atoms with Crippen LogP contribution in [0.2, 0.25) is 0 Å². The summed E-state index contributed by atoms with van der Waals surface area (Å²) in [5, 5.41) is 2.81. The van der Waals surface area contributed by atoms with E-state index in [-0.39, 0.29) is 18.0 Å². The van der Waals surface area contributed by atoms with Gasteiger partial charge in [0.1, 0.15) is 5.82 Å². The number of carbonyl (C=O) groups is 1. The second-order valence-corrected chi connectivity index (χ2v) is 9.02. The maximum atomic E-state index is 14.6. The molecule has 2 N–H and O–H groups in total. The number of pyridine rings is 1. The number of H-pyrrole nitrogens is 1. The van der Waals surface area contributed by atoms with Crippen LogP contribution in [0.3, 0.4) is 0 Å². The van der Waals surface area contributed by atoms with Crippen LogP contribution in [-0.2, 0) is 6.54 Å². The number of rotatable bonds is 6. The molecule has 3 rings (SSSR count). The minimum atomic E-state index is -0.431. The molecule has 174 valence electrons. The Balaban J connectivity index is 1.85. The highest BCUT2D eigenvalue weighted by Gasteiger charge is 2.29. The summed E-state index contributed by atoms with van der Waals surface area (Å²) in [5.41, 5.74) is 3.71. The Morgan fingerprint density at radius 1 is 1.28 bits per heavy atom. The van der Waals surface area contributed by atoms with Crippen LogP contribution in [0.4, 0.5) is 10.1 Å². The summed E-state index contributed by atoms with van der Waals surface area (Å²) in [4.78, 5) is 32.6. The van der Waals surface area contributed by atoms with Gasteiger partial charge in [-0.2, -0.15) is 0 Å². The average molecular weight is 443 g/mol. The van der Waals surface area contributed by atoms with E-state index in [0.29, 0.717) is 23.2 Å². The summed E-state index contributed by atoms with van der Waals surface area (Å²) in [5.74, 6) is -0.810. The van der Waals surface area contributed by atoms with E-state index in [1.165, 1.54) is 12.1 Å². The monoisotopic (exact) mass is 442 g/mol. The number of anilines is 1. The highest BCUT2D eigenvalue weighted by molar-refractivity contribution is 5.97. The van der Waals surface area contributed by atoms with Crippen molar-refractivity contribution in [3.63, 3.8) is 0 Å². The van der Waals surface area contributed by atoms with E-state index < -0.39 is 5.82 Å². The van der Waals surface area contributed by atoms with Crippen LogP contribution in [0.15, 0.2) is 23.0 Å². The Hall–Kier alpha value is -2.67. The lowest BCUT2D eigenvalue weighted by atomic mass is 9.95. The van der Waals surface area contributed by atoms with Crippen molar-refractivity contribution in [2.75, 3.05) is 25.0 Å². The van der Waals surface area contributed by atoms with Crippen LogP contribution in [0.1, 0.15) is 59.4 Å². The van der Waals surface area contributed by atoms with Crippen molar-refractivity contribution in [2.24, 2.45) is 0 Å². The molecule has 0 spiro atoms. The standard InChI is InChI=1S/C25H35FN4O2/c1-7-30(20-8-9-29(6)17(4)11-20)23-13-19(26)12-21(18(23)5)24(31)27-14-22-15(2)10-16(3)28-25(22)32/h10,12-13,17,20H,7-9,11,14H2,1-6H3,(H,27,31)(H,28,32). The fourth-order valence-electron chi connectivity index (χ4n) is 4.74. The van der Waals surface area contributed by atoms with E-state index in [1.807, 2.05) is 26.8 Å². The van der Waals surface area contributed by atoms with Crippen molar-refractivity contribution in [2.45, 2.75) is 66.1 Å². The summed E-state index contributed by atoms with van der Waals surface area (Å²) in [6.45, 7) is 11.6. The first-order valence-corrected chi connectivity index (χ1v) is 11.4. The predicted molar refractivity (Wildman–Crippen MR) is 127 cm³/mol. The Bertz CT molecular complexity index is 1050. The van der Waals surface area contributed by atoms with E-state index in [0.717, 1.165) is 48.4 Å². The van der Waals surface area contributed by atoms with Crippen LogP contribution in [0.5, 0.6) is 0 Å². The van der Waals surface area contributed by atoms with Crippen molar-refractivity contribution in [3.8, 4) is 0 Å². The molecule has 1 aliphatic heterocycles. The van der Waals surface area contributed by atoms with Gasteiger partial charge in [0.25, 0.3) is 11.5 Å². The third-order valence-corrected chi connectivity index (χ3v) is 6.78. The molecule has 2 atom stereocenters. The predicted octanol–water partition coefficient (Wildman–Crippen LogP) is 3.68. The zero-order chi connectivity index (χ0) is 23.6. The third-order valence-electron chi connectivity index (χ3n) is 6.78. The molecule has 0 radical (unpaired) electrons. The topological polar surface area (TPSA) is 68.4 Å². The van der Waals surface area contributed by atoms with Crippen molar-refractivity contribution in [3.05, 3.63) is 62.3 Å². The first-order chi connectivity index (χ1) is 15.1. The smallest absolute Gasteiger partial charge is 0.253 e. The van der Waals surface area contributed by atoms with Gasteiger partial charge in [0.05, 0.1) is 0 Å². The van der Waals surface area contributed by atoms with E-state index in [4.69, 9.17) is 0 Å². The summed E-state index contributed by atoms with van der Waals surface area (Å²) >= 11 is 0. The third kappa shape index (κ3) is 5.04. The molecule has 2 heterocycles. The molecule has 0 bridgehead atoms. The van der Waals surface area contributed by atoms with Crippen LogP contribution in [0, 0.1) is 26.6 Å². The van der Waals surface area contributed by atoms with Gasteiger partial charge < -0.3 is 20.1 Å². The Labute approximate surface area is 189 Å². The maximum absolute atomic E-state index is 14.6. The summed E-state index contributed by atoms with van der Waals surface area (Å²) < 4.78 is 14.6. The molecule has 1 aromatic carbocycles. The molecular formula is C25H35FN4O2. The van der Waals surface area contributed by atoms with Crippen molar-refractivity contribution in [1.82, 2.24) is 15.2 Å². The molecule has 1 aromatic heterocycles. The zero-order valence-electron chi connectivity index (χ0n) is 20.0. The maximum Gasteiger partial charge on any atom is 0.253 e. The SMILES string of the molecule is CCN(c1cc(F)cc(C(=O)NCc2c(C)cc(C)[nH]c2=O)c1C)C1CCN(C)C(C)C1. The van der Waals surface area contributed by atoms with Crippen molar-refractivity contribution < 1.29 is 9.18 Å². The minimum absolute atomic E-state index is 0.0928. The minimum Gasteiger partial charge on any atom is -0.368 e. The zero-order valence-corrected chi connectivity index (χ0v) is 20.0. The number of aryl methyl sites for hydroxylation is 2. The molecule has 2 aromatic rings. The number of piperidine rings is 1. The molecule has 1 aliphatic rings. The molecule has 1 amide bonds. The van der Waals surface area contributed by atoms with Crippen LogP contribution < -0.4 is 15.8 Å². The highest BCUT2D eigenvalue weighted by atomic mass is 19.1. The number of likely N-dealkylation sites (tertiary alicyclic amines) is 1. The highest BCUT2D eigenvalue weighted by Crippen LogP contribution is 2.31. The number of carbonyl (C=O) groups excluding carboxylic acids is 1. The fourth-order valence-corrected chi connectivity index (χ4v) is 4.74. The molecule has 2 unspecified atom stereocenters. The van der Waals surface area contributed by atoms with Gasteiger partial charge >= 0.3 is 0 Å². The van der Waals surface area contributed by atoms with Crippen LogP contribution >= 0.6 is 0 Å². The quantitative estimate of drug-likeness (QED) is 0.716. The fraction of sp³-hybridized carbons (Fsp3) is 0.520. The first kappa shape index (κ1) is 24.0. The van der Waals surface area contributed by atoms with Gasteiger partial charge in [-0.1, -0.05) is 0 Å². The second-order valence-electron chi connectivity index (χ2n) is 9.02. The van der Waals surface area contributed by atoms with Crippen LogP contribution in [-0.4, -0.2) is 48.0 Å². The average Bonchev–Trinajstić information content (AvgIpc) is 2.72. The number of aromatic amines is 1. The Kier molecular flexibility index (Phi) is 7.39. The Morgan fingerprint density at radius 2 is 2.00 bits per heavy atom. The van der Waals surface area contributed by atoms with Crippen molar-refractivity contribution in [1.29, 1.82) is 0 Å².